The van der Waals surface area contributed by atoms with Crippen molar-refractivity contribution in [3.05, 3.63) is 53.6 Å². The molecule has 1 heterocycles. The van der Waals surface area contributed by atoms with Crippen molar-refractivity contribution >= 4 is 17.5 Å². The van der Waals surface area contributed by atoms with Crippen LogP contribution in [0.1, 0.15) is 18.9 Å². The molecule has 27 heavy (non-hydrogen) atoms. The lowest BCUT2D eigenvalue weighted by atomic mass is 10.2. The second-order valence-electron chi connectivity index (χ2n) is 5.98. The van der Waals surface area contributed by atoms with Crippen molar-refractivity contribution in [2.75, 3.05) is 18.2 Å². The zero-order valence-corrected chi connectivity index (χ0v) is 14.6. The van der Waals surface area contributed by atoms with Gasteiger partial charge in [-0.2, -0.15) is 0 Å². The number of hydrogen-bond donors (Lipinski definition) is 1. The Balaban J connectivity index is 1.56. The topological polar surface area (TPSA) is 67.9 Å². The van der Waals surface area contributed by atoms with E-state index in [-0.39, 0.29) is 37.9 Å². The number of amides is 2. The first-order chi connectivity index (χ1) is 12.9. The molecule has 0 bridgehead atoms. The number of hydrogen-bond acceptors (Lipinski definition) is 4. The number of nitrogens with one attached hydrogen (secondary N) is 1. The number of halogens is 2. The predicted octanol–water partition coefficient (Wildman–Crippen LogP) is 2.75. The Hall–Kier alpha value is -3.16. The Morgan fingerprint density at radius 3 is 2.63 bits per heavy atom. The van der Waals surface area contributed by atoms with E-state index in [4.69, 9.17) is 9.47 Å². The molecule has 1 aliphatic rings. The highest BCUT2D eigenvalue weighted by atomic mass is 19.1. The van der Waals surface area contributed by atoms with Gasteiger partial charge in [-0.3, -0.25) is 9.59 Å². The number of ether oxygens (including phenoxy) is 2. The molecule has 0 atom stereocenters. The molecule has 3 rings (SSSR count). The van der Waals surface area contributed by atoms with Gasteiger partial charge >= 0.3 is 0 Å². The first-order valence-electron chi connectivity index (χ1n) is 8.32. The van der Waals surface area contributed by atoms with Crippen molar-refractivity contribution in [3.63, 3.8) is 0 Å². The molecular formula is C19H18F2N2O4. The fourth-order valence-electron chi connectivity index (χ4n) is 2.70. The van der Waals surface area contributed by atoms with Crippen molar-refractivity contribution in [2.24, 2.45) is 0 Å². The Labute approximate surface area is 154 Å². The Bertz CT molecular complexity index is 873. The van der Waals surface area contributed by atoms with Crippen molar-refractivity contribution in [1.82, 2.24) is 5.32 Å². The van der Waals surface area contributed by atoms with E-state index in [1.165, 1.54) is 13.0 Å². The summed E-state index contributed by atoms with van der Waals surface area (Å²) in [6.07, 6.45) is -0.0268. The summed E-state index contributed by atoms with van der Waals surface area (Å²) in [4.78, 5) is 25.0. The van der Waals surface area contributed by atoms with Crippen molar-refractivity contribution in [2.45, 2.75) is 19.9 Å². The summed E-state index contributed by atoms with van der Waals surface area (Å²) in [5, 5.41) is 2.73. The minimum absolute atomic E-state index is 0.0230. The number of rotatable bonds is 6. The molecule has 142 valence electrons. The molecule has 0 saturated heterocycles. The lowest BCUT2D eigenvalue weighted by molar-refractivity contribution is -0.121. The molecule has 8 heteroatoms. The van der Waals surface area contributed by atoms with Gasteiger partial charge in [0, 0.05) is 32.5 Å². The van der Waals surface area contributed by atoms with Crippen LogP contribution in [0.3, 0.4) is 0 Å². The number of carbonyl (C=O) groups excluding carboxylic acids is 2. The van der Waals surface area contributed by atoms with E-state index in [0.29, 0.717) is 17.6 Å². The standard InChI is InChI=1S/C19H18F2N2O4/c1-12(24)23(16-4-3-14(20)9-15(16)21)7-6-19(25)22-10-13-2-5-17-18(8-13)27-11-26-17/h2-5,8-9H,6-7,10-11H2,1H3,(H,22,25). The first kappa shape index (κ1) is 18.6. The summed E-state index contributed by atoms with van der Waals surface area (Å²) in [6, 6.07) is 8.29. The second kappa shape index (κ2) is 8.03. The SMILES string of the molecule is CC(=O)N(CCC(=O)NCc1ccc2c(c1)OCO2)c1ccc(F)cc1F. The van der Waals surface area contributed by atoms with Crippen LogP contribution in [0.5, 0.6) is 11.5 Å². The Morgan fingerprint density at radius 2 is 1.89 bits per heavy atom. The van der Waals surface area contributed by atoms with Crippen molar-refractivity contribution in [1.29, 1.82) is 0 Å². The van der Waals surface area contributed by atoms with Gasteiger partial charge in [-0.1, -0.05) is 6.07 Å². The van der Waals surface area contributed by atoms with Crippen LogP contribution in [0.4, 0.5) is 14.5 Å². The monoisotopic (exact) mass is 376 g/mol. The maximum absolute atomic E-state index is 13.9. The van der Waals surface area contributed by atoms with Crippen LogP contribution < -0.4 is 19.7 Å². The van der Waals surface area contributed by atoms with Crippen LogP contribution in [0.2, 0.25) is 0 Å². The van der Waals surface area contributed by atoms with Crippen LogP contribution in [0, 0.1) is 11.6 Å². The summed E-state index contributed by atoms with van der Waals surface area (Å²) in [7, 11) is 0. The average molecular weight is 376 g/mol. The highest BCUT2D eigenvalue weighted by Crippen LogP contribution is 2.32. The van der Waals surface area contributed by atoms with Gasteiger partial charge in [-0.25, -0.2) is 8.78 Å². The van der Waals surface area contributed by atoms with E-state index >= 15 is 0 Å². The molecular weight excluding hydrogens is 358 g/mol. The lowest BCUT2D eigenvalue weighted by Gasteiger charge is -2.21. The Morgan fingerprint density at radius 1 is 1.11 bits per heavy atom. The molecule has 2 aromatic carbocycles. The normalized spacial score (nSPS) is 12.0. The fourth-order valence-corrected chi connectivity index (χ4v) is 2.70. The third-order valence-corrected chi connectivity index (χ3v) is 4.07. The van der Waals surface area contributed by atoms with Gasteiger partial charge in [-0.05, 0) is 29.8 Å². The van der Waals surface area contributed by atoms with Crippen LogP contribution >= 0.6 is 0 Å². The predicted molar refractivity (Wildman–Crippen MR) is 93.4 cm³/mol. The molecule has 2 aromatic rings. The maximum atomic E-state index is 13.9. The molecule has 0 spiro atoms. The molecule has 0 unspecified atom stereocenters. The van der Waals surface area contributed by atoms with Crippen molar-refractivity contribution in [3.8, 4) is 11.5 Å². The summed E-state index contributed by atoms with van der Waals surface area (Å²) in [6.45, 7) is 1.69. The second-order valence-corrected chi connectivity index (χ2v) is 5.98. The quantitative estimate of drug-likeness (QED) is 0.842. The first-order valence-corrected chi connectivity index (χ1v) is 8.32. The minimum Gasteiger partial charge on any atom is -0.454 e. The molecule has 0 saturated carbocycles. The maximum Gasteiger partial charge on any atom is 0.231 e. The molecule has 1 aliphatic heterocycles. The molecule has 1 N–H and O–H groups in total. The highest BCUT2D eigenvalue weighted by molar-refractivity contribution is 5.92. The van der Waals surface area contributed by atoms with Crippen LogP contribution in [-0.4, -0.2) is 25.2 Å². The number of carbonyl (C=O) groups is 2. The molecule has 0 radical (unpaired) electrons. The number of fused-ring (bicyclic) bond motifs is 1. The number of benzene rings is 2. The van der Waals surface area contributed by atoms with Gasteiger partial charge in [-0.15, -0.1) is 0 Å². The largest absolute Gasteiger partial charge is 0.454 e. The summed E-state index contributed by atoms with van der Waals surface area (Å²) >= 11 is 0. The zero-order valence-electron chi connectivity index (χ0n) is 14.6. The van der Waals surface area contributed by atoms with Gasteiger partial charge in [0.25, 0.3) is 0 Å². The fraction of sp³-hybridized carbons (Fsp3) is 0.263. The number of nitrogens with zero attached hydrogens (tertiary/aromatic N) is 1. The van der Waals surface area contributed by atoms with Crippen LogP contribution in [0.15, 0.2) is 36.4 Å². The van der Waals surface area contributed by atoms with E-state index in [1.807, 2.05) is 6.07 Å². The van der Waals surface area contributed by atoms with Gasteiger partial charge in [0.05, 0.1) is 5.69 Å². The van der Waals surface area contributed by atoms with Gasteiger partial charge in [0.15, 0.2) is 11.5 Å². The minimum atomic E-state index is -0.856. The smallest absolute Gasteiger partial charge is 0.231 e. The summed E-state index contributed by atoms with van der Waals surface area (Å²) in [5.74, 6) is -1.06. The van der Waals surface area contributed by atoms with E-state index in [1.54, 1.807) is 12.1 Å². The molecule has 0 fully saturated rings. The summed E-state index contributed by atoms with van der Waals surface area (Å²) < 4.78 is 37.5. The highest BCUT2D eigenvalue weighted by Gasteiger charge is 2.18. The molecule has 0 aliphatic carbocycles. The van der Waals surface area contributed by atoms with Gasteiger partial charge in [0.1, 0.15) is 11.6 Å². The average Bonchev–Trinajstić information content (AvgIpc) is 3.09. The molecule has 2 amide bonds. The van der Waals surface area contributed by atoms with E-state index in [0.717, 1.165) is 16.5 Å². The summed E-state index contributed by atoms with van der Waals surface area (Å²) in [5.41, 5.74) is 0.771. The van der Waals surface area contributed by atoms with E-state index < -0.39 is 17.5 Å². The third kappa shape index (κ3) is 4.52. The van der Waals surface area contributed by atoms with Gasteiger partial charge in [0.2, 0.25) is 18.6 Å². The molecule has 0 aromatic heterocycles. The van der Waals surface area contributed by atoms with Crippen LogP contribution in [-0.2, 0) is 16.1 Å². The Kier molecular flexibility index (Phi) is 5.54. The third-order valence-electron chi connectivity index (χ3n) is 4.07. The van der Waals surface area contributed by atoms with E-state index in [2.05, 4.69) is 5.32 Å². The number of anilines is 1. The lowest BCUT2D eigenvalue weighted by Crippen LogP contribution is -2.34. The van der Waals surface area contributed by atoms with Crippen molar-refractivity contribution < 1.29 is 27.8 Å². The van der Waals surface area contributed by atoms with E-state index in [9.17, 15) is 18.4 Å². The van der Waals surface area contributed by atoms with Gasteiger partial charge < -0.3 is 19.7 Å². The van der Waals surface area contributed by atoms with Crippen LogP contribution in [0.25, 0.3) is 0 Å². The molecule has 6 nitrogen and oxygen atoms in total. The zero-order chi connectivity index (χ0) is 19.4.